The van der Waals surface area contributed by atoms with Crippen molar-refractivity contribution in [3.63, 3.8) is 0 Å². The van der Waals surface area contributed by atoms with Gasteiger partial charge in [-0.15, -0.1) is 10.2 Å². The van der Waals surface area contributed by atoms with Gasteiger partial charge in [0.15, 0.2) is 0 Å². The van der Waals surface area contributed by atoms with Crippen LogP contribution >= 0.6 is 11.3 Å². The SMILES string of the molecule is CCC(C)(C)c1nnc(NC(=O)c2ccc(NC(=O)C3CC(=O)N(c4ccccc4)C3)cc2)s1. The number of nitrogens with zero attached hydrogens (tertiary/aromatic N) is 3. The predicted molar refractivity (Wildman–Crippen MR) is 133 cm³/mol. The molecular formula is C25H27N5O3S. The lowest BCUT2D eigenvalue weighted by Crippen LogP contribution is -2.28. The molecule has 4 rings (SSSR count). The second-order valence-electron chi connectivity index (χ2n) is 8.91. The third-order valence-corrected chi connectivity index (χ3v) is 7.29. The van der Waals surface area contributed by atoms with E-state index >= 15 is 0 Å². The summed E-state index contributed by atoms with van der Waals surface area (Å²) in [7, 11) is 0. The molecule has 0 saturated carbocycles. The number of amides is 3. The first-order valence-electron chi connectivity index (χ1n) is 11.2. The molecule has 2 N–H and O–H groups in total. The number of hydrogen-bond acceptors (Lipinski definition) is 6. The second-order valence-corrected chi connectivity index (χ2v) is 9.89. The minimum Gasteiger partial charge on any atom is -0.326 e. The van der Waals surface area contributed by atoms with Crippen LogP contribution in [0.25, 0.3) is 0 Å². The van der Waals surface area contributed by atoms with Crippen molar-refractivity contribution in [2.24, 2.45) is 5.92 Å². The Morgan fingerprint density at radius 2 is 1.76 bits per heavy atom. The minimum absolute atomic E-state index is 0.0690. The van der Waals surface area contributed by atoms with E-state index in [0.717, 1.165) is 17.1 Å². The maximum absolute atomic E-state index is 12.7. The van der Waals surface area contributed by atoms with Crippen molar-refractivity contribution in [2.75, 3.05) is 22.1 Å². The number of para-hydroxylation sites is 1. The zero-order valence-corrected chi connectivity index (χ0v) is 20.2. The van der Waals surface area contributed by atoms with E-state index in [2.05, 4.69) is 41.6 Å². The highest BCUT2D eigenvalue weighted by molar-refractivity contribution is 7.15. The van der Waals surface area contributed by atoms with Crippen LogP contribution in [-0.4, -0.2) is 34.5 Å². The van der Waals surface area contributed by atoms with Crippen LogP contribution < -0.4 is 15.5 Å². The molecule has 1 saturated heterocycles. The second kappa shape index (κ2) is 9.72. The summed E-state index contributed by atoms with van der Waals surface area (Å²) >= 11 is 1.37. The van der Waals surface area contributed by atoms with Gasteiger partial charge in [0, 0.05) is 35.3 Å². The standard InChI is InChI=1S/C25H27N5O3S/c1-4-25(2,3)23-28-29-24(34-23)27-21(32)16-10-12-18(13-11-16)26-22(33)17-14-20(31)30(15-17)19-8-6-5-7-9-19/h5-13,17H,4,14-15H2,1-3H3,(H,26,33)(H,27,29,32). The van der Waals surface area contributed by atoms with Crippen LogP contribution in [0, 0.1) is 5.92 Å². The molecular weight excluding hydrogens is 450 g/mol. The number of rotatable bonds is 7. The van der Waals surface area contributed by atoms with Crippen molar-refractivity contribution in [3.8, 4) is 0 Å². The molecule has 1 aliphatic heterocycles. The number of anilines is 3. The van der Waals surface area contributed by atoms with Gasteiger partial charge in [-0.25, -0.2) is 0 Å². The molecule has 3 aromatic rings. The van der Waals surface area contributed by atoms with Gasteiger partial charge in [-0.2, -0.15) is 0 Å². The van der Waals surface area contributed by atoms with E-state index in [1.54, 1.807) is 29.2 Å². The van der Waals surface area contributed by atoms with E-state index < -0.39 is 5.92 Å². The molecule has 0 bridgehead atoms. The molecule has 9 heteroatoms. The fourth-order valence-electron chi connectivity index (χ4n) is 3.56. The molecule has 1 unspecified atom stereocenters. The van der Waals surface area contributed by atoms with E-state index in [0.29, 0.717) is 22.9 Å². The molecule has 2 heterocycles. The third kappa shape index (κ3) is 5.14. The molecule has 0 spiro atoms. The van der Waals surface area contributed by atoms with E-state index in [9.17, 15) is 14.4 Å². The lowest BCUT2D eigenvalue weighted by Gasteiger charge is -2.17. The number of benzene rings is 2. The molecule has 1 atom stereocenters. The Balaban J connectivity index is 1.34. The zero-order valence-electron chi connectivity index (χ0n) is 19.4. The summed E-state index contributed by atoms with van der Waals surface area (Å²) in [5.41, 5.74) is 1.70. The van der Waals surface area contributed by atoms with Crippen LogP contribution in [0.15, 0.2) is 54.6 Å². The summed E-state index contributed by atoms with van der Waals surface area (Å²) < 4.78 is 0. The summed E-state index contributed by atoms with van der Waals surface area (Å²) in [6, 6.07) is 15.9. The topological polar surface area (TPSA) is 104 Å². The molecule has 8 nitrogen and oxygen atoms in total. The summed E-state index contributed by atoms with van der Waals surface area (Å²) in [6.45, 7) is 6.61. The van der Waals surface area contributed by atoms with Crippen molar-refractivity contribution in [3.05, 3.63) is 65.2 Å². The fraction of sp³-hybridized carbons (Fsp3) is 0.320. The van der Waals surface area contributed by atoms with Crippen molar-refractivity contribution in [1.29, 1.82) is 0 Å². The van der Waals surface area contributed by atoms with Gasteiger partial charge in [-0.05, 0) is 42.8 Å². The van der Waals surface area contributed by atoms with Crippen molar-refractivity contribution >= 4 is 45.6 Å². The van der Waals surface area contributed by atoms with Gasteiger partial charge in [-0.1, -0.05) is 50.3 Å². The van der Waals surface area contributed by atoms with Crippen LogP contribution in [0.1, 0.15) is 49.0 Å². The highest BCUT2D eigenvalue weighted by atomic mass is 32.1. The molecule has 1 fully saturated rings. The Hall–Kier alpha value is -3.59. The van der Waals surface area contributed by atoms with Gasteiger partial charge >= 0.3 is 0 Å². The molecule has 176 valence electrons. The van der Waals surface area contributed by atoms with E-state index in [1.807, 2.05) is 30.3 Å². The zero-order chi connectivity index (χ0) is 24.3. The smallest absolute Gasteiger partial charge is 0.257 e. The number of nitrogens with one attached hydrogen (secondary N) is 2. The summed E-state index contributed by atoms with van der Waals surface area (Å²) in [6.07, 6.45) is 1.09. The molecule has 2 aromatic carbocycles. The Kier molecular flexibility index (Phi) is 6.74. The Morgan fingerprint density at radius 1 is 1.06 bits per heavy atom. The lowest BCUT2D eigenvalue weighted by molar-refractivity contribution is -0.122. The Morgan fingerprint density at radius 3 is 2.44 bits per heavy atom. The predicted octanol–water partition coefficient (Wildman–Crippen LogP) is 4.47. The van der Waals surface area contributed by atoms with Gasteiger partial charge in [0.1, 0.15) is 5.01 Å². The van der Waals surface area contributed by atoms with E-state index in [-0.39, 0.29) is 29.6 Å². The first kappa shape index (κ1) is 23.6. The van der Waals surface area contributed by atoms with Crippen molar-refractivity contribution in [1.82, 2.24) is 10.2 Å². The average Bonchev–Trinajstić information content (AvgIpc) is 3.47. The molecule has 1 aliphatic rings. The maximum atomic E-state index is 12.7. The number of carbonyl (C=O) groups excluding carboxylic acids is 3. The Bertz CT molecular complexity index is 1190. The van der Waals surface area contributed by atoms with E-state index in [4.69, 9.17) is 0 Å². The van der Waals surface area contributed by atoms with Crippen LogP contribution in [0.5, 0.6) is 0 Å². The lowest BCUT2D eigenvalue weighted by atomic mass is 9.91. The van der Waals surface area contributed by atoms with Gasteiger partial charge in [0.25, 0.3) is 5.91 Å². The van der Waals surface area contributed by atoms with Gasteiger partial charge in [0.2, 0.25) is 16.9 Å². The minimum atomic E-state index is -0.436. The number of carbonyl (C=O) groups is 3. The molecule has 34 heavy (non-hydrogen) atoms. The van der Waals surface area contributed by atoms with Gasteiger partial charge < -0.3 is 10.2 Å². The number of aromatic nitrogens is 2. The fourth-order valence-corrected chi connectivity index (χ4v) is 4.47. The summed E-state index contributed by atoms with van der Waals surface area (Å²) in [5, 5.41) is 15.2. The van der Waals surface area contributed by atoms with Crippen LogP contribution in [0.4, 0.5) is 16.5 Å². The summed E-state index contributed by atoms with van der Waals surface area (Å²) in [4.78, 5) is 39.3. The van der Waals surface area contributed by atoms with Crippen LogP contribution in [0.3, 0.4) is 0 Å². The highest BCUT2D eigenvalue weighted by Crippen LogP contribution is 2.31. The largest absolute Gasteiger partial charge is 0.326 e. The van der Waals surface area contributed by atoms with Gasteiger partial charge in [0.05, 0.1) is 5.92 Å². The van der Waals surface area contributed by atoms with Crippen molar-refractivity contribution in [2.45, 2.75) is 39.0 Å². The van der Waals surface area contributed by atoms with E-state index in [1.165, 1.54) is 11.3 Å². The van der Waals surface area contributed by atoms with Crippen molar-refractivity contribution < 1.29 is 14.4 Å². The maximum Gasteiger partial charge on any atom is 0.257 e. The highest BCUT2D eigenvalue weighted by Gasteiger charge is 2.35. The molecule has 3 amide bonds. The van der Waals surface area contributed by atoms with Crippen LogP contribution in [-0.2, 0) is 15.0 Å². The average molecular weight is 478 g/mol. The Labute approximate surface area is 202 Å². The normalized spacial score (nSPS) is 15.9. The monoisotopic (exact) mass is 477 g/mol. The molecule has 0 radical (unpaired) electrons. The third-order valence-electron chi connectivity index (χ3n) is 6.09. The summed E-state index contributed by atoms with van der Waals surface area (Å²) in [5.74, 6) is -1.02. The molecule has 0 aliphatic carbocycles. The first-order chi connectivity index (χ1) is 16.3. The van der Waals surface area contributed by atoms with Crippen LogP contribution in [0.2, 0.25) is 0 Å². The quantitative estimate of drug-likeness (QED) is 0.522. The first-order valence-corrected chi connectivity index (χ1v) is 12.0. The molecule has 1 aromatic heterocycles. The number of hydrogen-bond donors (Lipinski definition) is 2. The van der Waals surface area contributed by atoms with Gasteiger partial charge in [-0.3, -0.25) is 19.7 Å².